The summed E-state index contributed by atoms with van der Waals surface area (Å²) < 4.78 is 88.2. The van der Waals surface area contributed by atoms with Gasteiger partial charge in [-0.05, 0) is 31.4 Å². The zero-order chi connectivity index (χ0) is 23.9. The number of anilines is 1. The van der Waals surface area contributed by atoms with Gasteiger partial charge in [0.1, 0.15) is 5.69 Å². The van der Waals surface area contributed by atoms with Crippen LogP contribution in [0.1, 0.15) is 24.8 Å². The number of carbonyl (C=O) groups is 1. The maximum atomic E-state index is 12.9. The third-order valence-electron chi connectivity index (χ3n) is 5.58. The lowest BCUT2D eigenvalue weighted by Crippen LogP contribution is -2.45. The van der Waals surface area contributed by atoms with Crippen molar-refractivity contribution in [2.75, 3.05) is 29.5 Å². The van der Waals surface area contributed by atoms with Gasteiger partial charge in [-0.25, -0.2) is 16.8 Å². The van der Waals surface area contributed by atoms with E-state index in [0.717, 1.165) is 12.1 Å². The standard InChI is InChI=1S/C17H20F3N3O7S2/c18-17(19,20)12-1-2-14(15(9-12)23(25)26)22-6-3-11(4-7-22)16(24)21-32(29,30)13-5-8-31(27,28)10-13/h1-2,9,11,13H,3-8,10H2,(H,21,24)/t13-/m0/s1. The molecule has 2 heterocycles. The molecule has 1 amide bonds. The van der Waals surface area contributed by atoms with Gasteiger partial charge in [0.2, 0.25) is 15.9 Å². The maximum absolute atomic E-state index is 12.9. The largest absolute Gasteiger partial charge is 0.416 e. The lowest BCUT2D eigenvalue weighted by atomic mass is 9.95. The van der Waals surface area contributed by atoms with Crippen molar-refractivity contribution < 1.29 is 39.7 Å². The van der Waals surface area contributed by atoms with Gasteiger partial charge in [-0.1, -0.05) is 0 Å². The van der Waals surface area contributed by atoms with Gasteiger partial charge in [0.25, 0.3) is 5.69 Å². The Morgan fingerprint density at radius 2 is 1.81 bits per heavy atom. The van der Waals surface area contributed by atoms with Crippen LogP contribution in [0.25, 0.3) is 0 Å². The number of alkyl halides is 3. The molecule has 0 unspecified atom stereocenters. The number of sulfone groups is 1. The molecule has 2 saturated heterocycles. The van der Waals surface area contributed by atoms with E-state index >= 15 is 0 Å². The first-order chi connectivity index (χ1) is 14.7. The highest BCUT2D eigenvalue weighted by Crippen LogP contribution is 2.37. The number of nitrogens with one attached hydrogen (secondary N) is 1. The van der Waals surface area contributed by atoms with E-state index in [1.54, 1.807) is 0 Å². The predicted molar refractivity (Wildman–Crippen MR) is 107 cm³/mol. The van der Waals surface area contributed by atoms with E-state index in [4.69, 9.17) is 0 Å². The number of nitrogens with zero attached hydrogens (tertiary/aromatic N) is 2. The molecule has 178 valence electrons. The summed E-state index contributed by atoms with van der Waals surface area (Å²) in [6, 6.07) is 2.20. The molecule has 2 aliphatic heterocycles. The van der Waals surface area contributed by atoms with E-state index in [-0.39, 0.29) is 43.8 Å². The Morgan fingerprint density at radius 1 is 1.19 bits per heavy atom. The molecule has 3 rings (SSSR count). The summed E-state index contributed by atoms with van der Waals surface area (Å²) in [5.74, 6) is -2.36. The summed E-state index contributed by atoms with van der Waals surface area (Å²) in [4.78, 5) is 24.3. The molecule has 1 N–H and O–H groups in total. The fourth-order valence-corrected chi connectivity index (χ4v) is 7.88. The SMILES string of the molecule is O=C(NS(=O)(=O)[C@H]1CCS(=O)(=O)C1)C1CCN(c2ccc(C(F)(F)F)cc2[N+](=O)[O-])CC1. The number of halogens is 3. The number of piperidine rings is 1. The Morgan fingerprint density at radius 3 is 2.31 bits per heavy atom. The molecule has 2 fully saturated rings. The molecule has 0 saturated carbocycles. The first kappa shape index (κ1) is 24.2. The van der Waals surface area contributed by atoms with Crippen LogP contribution >= 0.6 is 0 Å². The molecule has 0 aromatic heterocycles. The quantitative estimate of drug-likeness (QED) is 0.474. The minimum absolute atomic E-state index is 0.0226. The fourth-order valence-electron chi connectivity index (χ4n) is 3.81. The van der Waals surface area contributed by atoms with Gasteiger partial charge in [-0.15, -0.1) is 0 Å². The number of carbonyl (C=O) groups excluding carboxylic acids is 1. The summed E-state index contributed by atoms with van der Waals surface area (Å²) in [6.07, 6.45) is -4.61. The van der Waals surface area contributed by atoms with Gasteiger partial charge in [0.15, 0.2) is 9.84 Å². The zero-order valence-corrected chi connectivity index (χ0v) is 18.2. The number of benzene rings is 1. The second kappa shape index (κ2) is 8.50. The molecule has 15 heteroatoms. The average Bonchev–Trinajstić information content (AvgIpc) is 3.07. The monoisotopic (exact) mass is 499 g/mol. The van der Waals surface area contributed by atoms with Gasteiger partial charge in [0.05, 0.1) is 27.2 Å². The number of hydrogen-bond donors (Lipinski definition) is 1. The normalized spacial score (nSPS) is 22.0. The number of nitro groups is 1. The van der Waals surface area contributed by atoms with Crippen LogP contribution < -0.4 is 9.62 Å². The van der Waals surface area contributed by atoms with Gasteiger partial charge in [-0.3, -0.25) is 19.6 Å². The lowest BCUT2D eigenvalue weighted by molar-refractivity contribution is -0.384. The summed E-state index contributed by atoms with van der Waals surface area (Å²) in [6.45, 7) is 0.171. The van der Waals surface area contributed by atoms with Crippen LogP contribution in [0.3, 0.4) is 0 Å². The number of hydrogen-bond acceptors (Lipinski definition) is 8. The van der Waals surface area contributed by atoms with Crippen LogP contribution in [0.2, 0.25) is 0 Å². The molecule has 32 heavy (non-hydrogen) atoms. The smallest absolute Gasteiger partial charge is 0.366 e. The molecule has 1 aromatic rings. The van der Waals surface area contributed by atoms with Crippen molar-refractivity contribution >= 4 is 37.1 Å². The summed E-state index contributed by atoms with van der Waals surface area (Å²) >= 11 is 0. The highest BCUT2D eigenvalue weighted by Gasteiger charge is 2.40. The number of rotatable bonds is 5. The molecule has 1 atom stereocenters. The Labute approximate surface area is 181 Å². The van der Waals surface area contributed by atoms with Crippen molar-refractivity contribution in [2.45, 2.75) is 30.7 Å². The highest BCUT2D eigenvalue weighted by molar-refractivity contribution is 7.95. The molecule has 1 aromatic carbocycles. The first-order valence-electron chi connectivity index (χ1n) is 9.56. The Bertz CT molecular complexity index is 1130. The highest BCUT2D eigenvalue weighted by atomic mass is 32.2. The Hall–Kier alpha value is -2.42. The van der Waals surface area contributed by atoms with Crippen molar-refractivity contribution in [1.82, 2.24) is 4.72 Å². The molecule has 0 radical (unpaired) electrons. The van der Waals surface area contributed by atoms with Crippen LogP contribution in [0.15, 0.2) is 18.2 Å². The Balaban J connectivity index is 1.66. The van der Waals surface area contributed by atoms with Crippen molar-refractivity contribution in [1.29, 1.82) is 0 Å². The second-order valence-electron chi connectivity index (χ2n) is 7.76. The maximum Gasteiger partial charge on any atom is 0.416 e. The Kier molecular flexibility index (Phi) is 6.43. The van der Waals surface area contributed by atoms with Gasteiger partial charge in [-0.2, -0.15) is 13.2 Å². The van der Waals surface area contributed by atoms with Crippen molar-refractivity contribution in [3.05, 3.63) is 33.9 Å². The summed E-state index contributed by atoms with van der Waals surface area (Å²) in [5, 5.41) is 10.1. The molecule has 10 nitrogen and oxygen atoms in total. The van der Waals surface area contributed by atoms with Crippen molar-refractivity contribution in [3.8, 4) is 0 Å². The minimum Gasteiger partial charge on any atom is -0.366 e. The van der Waals surface area contributed by atoms with Crippen LogP contribution in [0.4, 0.5) is 24.5 Å². The van der Waals surface area contributed by atoms with Crippen molar-refractivity contribution in [3.63, 3.8) is 0 Å². The van der Waals surface area contributed by atoms with Gasteiger partial charge in [0, 0.05) is 25.1 Å². The van der Waals surface area contributed by atoms with Crippen LogP contribution in [-0.2, 0) is 30.8 Å². The molecule has 0 aliphatic carbocycles. The average molecular weight is 499 g/mol. The second-order valence-corrected chi connectivity index (χ2v) is 11.9. The first-order valence-corrected chi connectivity index (χ1v) is 12.9. The van der Waals surface area contributed by atoms with E-state index in [0.29, 0.717) is 6.07 Å². The molecular weight excluding hydrogens is 479 g/mol. The third kappa shape index (κ3) is 5.31. The predicted octanol–water partition coefficient (Wildman–Crippen LogP) is 1.46. The minimum atomic E-state index is -4.74. The summed E-state index contributed by atoms with van der Waals surface area (Å²) in [5.41, 5.74) is -1.89. The van der Waals surface area contributed by atoms with Crippen LogP contribution in [0.5, 0.6) is 0 Å². The van der Waals surface area contributed by atoms with Crippen LogP contribution in [0, 0.1) is 16.0 Å². The van der Waals surface area contributed by atoms with E-state index in [2.05, 4.69) is 0 Å². The van der Waals surface area contributed by atoms with E-state index in [9.17, 15) is 44.9 Å². The molecular formula is C17H20F3N3O7S2. The lowest BCUT2D eigenvalue weighted by Gasteiger charge is -2.32. The molecule has 0 bridgehead atoms. The molecule has 2 aliphatic rings. The number of sulfonamides is 1. The van der Waals surface area contributed by atoms with E-state index < -0.39 is 65.0 Å². The van der Waals surface area contributed by atoms with Gasteiger partial charge >= 0.3 is 6.18 Å². The number of amides is 1. The van der Waals surface area contributed by atoms with Crippen molar-refractivity contribution in [2.24, 2.45) is 5.92 Å². The van der Waals surface area contributed by atoms with E-state index in [1.807, 2.05) is 4.72 Å². The zero-order valence-electron chi connectivity index (χ0n) is 16.5. The fraction of sp³-hybridized carbons (Fsp3) is 0.588. The third-order valence-corrected chi connectivity index (χ3v) is 9.32. The summed E-state index contributed by atoms with van der Waals surface area (Å²) in [7, 11) is -7.63. The number of nitro benzene ring substituents is 1. The van der Waals surface area contributed by atoms with E-state index in [1.165, 1.54) is 4.90 Å². The topological polar surface area (TPSA) is 144 Å². The molecule has 0 spiro atoms. The van der Waals surface area contributed by atoms with Crippen LogP contribution in [-0.4, -0.2) is 57.5 Å². The van der Waals surface area contributed by atoms with Gasteiger partial charge < -0.3 is 4.90 Å².